The zero-order chi connectivity index (χ0) is 15.5. The van der Waals surface area contributed by atoms with Crippen molar-refractivity contribution in [3.05, 3.63) is 23.8 Å². The van der Waals surface area contributed by atoms with Gasteiger partial charge < -0.3 is 15.2 Å². The summed E-state index contributed by atoms with van der Waals surface area (Å²) in [5.74, 6) is 0.109. The molecule has 0 bridgehead atoms. The fourth-order valence-electron chi connectivity index (χ4n) is 2.18. The molecule has 0 aromatic heterocycles. The number of hydrogen-bond donors (Lipinski definition) is 1. The van der Waals surface area contributed by atoms with E-state index in [0.29, 0.717) is 23.6 Å². The molecule has 4 nitrogen and oxygen atoms in total. The summed E-state index contributed by atoms with van der Waals surface area (Å²) in [6, 6.07) is 4.94. The Morgan fingerprint density at radius 3 is 2.43 bits per heavy atom. The average Bonchev–Trinajstić information content (AvgIpc) is 2.49. The Hall–Kier alpha value is -1.71. The summed E-state index contributed by atoms with van der Waals surface area (Å²) in [6.45, 7) is 2.67. The van der Waals surface area contributed by atoms with Gasteiger partial charge in [0.05, 0.1) is 13.7 Å². The first-order valence-electron chi connectivity index (χ1n) is 7.79. The van der Waals surface area contributed by atoms with Crippen LogP contribution in [-0.4, -0.2) is 19.7 Å². The molecule has 0 unspecified atom stereocenters. The number of esters is 1. The van der Waals surface area contributed by atoms with E-state index in [-0.39, 0.29) is 5.97 Å². The highest BCUT2D eigenvalue weighted by atomic mass is 16.5. The van der Waals surface area contributed by atoms with Gasteiger partial charge in [-0.1, -0.05) is 45.4 Å². The van der Waals surface area contributed by atoms with E-state index < -0.39 is 0 Å². The molecule has 0 aliphatic rings. The van der Waals surface area contributed by atoms with E-state index in [9.17, 15) is 4.79 Å². The standard InChI is InChI=1S/C17H27NO3/c1-3-4-5-6-7-8-9-12-21-17(19)15-11-10-14(18)13-16(15)20-2/h10-11,13H,3-9,12,18H2,1-2H3. The number of hydrogen-bond acceptors (Lipinski definition) is 4. The van der Waals surface area contributed by atoms with Crippen molar-refractivity contribution >= 4 is 11.7 Å². The largest absolute Gasteiger partial charge is 0.496 e. The lowest BCUT2D eigenvalue weighted by atomic mass is 10.1. The van der Waals surface area contributed by atoms with Crippen LogP contribution in [0.15, 0.2) is 18.2 Å². The third kappa shape index (κ3) is 6.52. The Labute approximate surface area is 127 Å². The van der Waals surface area contributed by atoms with Crippen LogP contribution < -0.4 is 10.5 Å². The quantitative estimate of drug-likeness (QED) is 0.399. The monoisotopic (exact) mass is 293 g/mol. The van der Waals surface area contributed by atoms with Crippen molar-refractivity contribution in [2.75, 3.05) is 19.5 Å². The number of anilines is 1. The molecule has 0 amide bonds. The van der Waals surface area contributed by atoms with Gasteiger partial charge in [0.15, 0.2) is 0 Å². The van der Waals surface area contributed by atoms with Gasteiger partial charge in [-0.25, -0.2) is 4.79 Å². The van der Waals surface area contributed by atoms with Crippen molar-refractivity contribution in [3.8, 4) is 5.75 Å². The summed E-state index contributed by atoms with van der Waals surface area (Å²) < 4.78 is 10.4. The maximum atomic E-state index is 12.0. The van der Waals surface area contributed by atoms with E-state index in [1.807, 2.05) is 0 Å². The Morgan fingerprint density at radius 1 is 1.10 bits per heavy atom. The molecule has 0 heterocycles. The minimum atomic E-state index is -0.349. The molecule has 1 aromatic carbocycles. The van der Waals surface area contributed by atoms with Crippen molar-refractivity contribution in [2.24, 2.45) is 0 Å². The number of ether oxygens (including phenoxy) is 2. The van der Waals surface area contributed by atoms with E-state index in [4.69, 9.17) is 15.2 Å². The van der Waals surface area contributed by atoms with Gasteiger partial charge in [-0.2, -0.15) is 0 Å². The van der Waals surface area contributed by atoms with Gasteiger partial charge in [-0.05, 0) is 18.6 Å². The predicted octanol–water partition coefficient (Wildman–Crippen LogP) is 4.18. The second-order valence-corrected chi connectivity index (χ2v) is 5.22. The first-order chi connectivity index (χ1) is 10.2. The summed E-state index contributed by atoms with van der Waals surface area (Å²) >= 11 is 0. The summed E-state index contributed by atoms with van der Waals surface area (Å²) in [7, 11) is 1.52. The summed E-state index contributed by atoms with van der Waals surface area (Å²) in [4.78, 5) is 12.0. The molecule has 118 valence electrons. The maximum Gasteiger partial charge on any atom is 0.341 e. The van der Waals surface area contributed by atoms with Crippen LogP contribution in [0, 0.1) is 0 Å². The van der Waals surface area contributed by atoms with E-state index in [0.717, 1.165) is 12.8 Å². The van der Waals surface area contributed by atoms with Crippen LogP contribution in [0.5, 0.6) is 5.75 Å². The van der Waals surface area contributed by atoms with Crippen LogP contribution in [0.2, 0.25) is 0 Å². The minimum absolute atomic E-state index is 0.349. The number of carbonyl (C=O) groups is 1. The van der Waals surface area contributed by atoms with E-state index in [2.05, 4.69) is 6.92 Å². The zero-order valence-corrected chi connectivity index (χ0v) is 13.2. The number of methoxy groups -OCH3 is 1. The first kappa shape index (κ1) is 17.3. The molecule has 2 N–H and O–H groups in total. The lowest BCUT2D eigenvalue weighted by Crippen LogP contribution is -2.08. The van der Waals surface area contributed by atoms with Gasteiger partial charge in [0.1, 0.15) is 11.3 Å². The highest BCUT2D eigenvalue weighted by Gasteiger charge is 2.13. The molecule has 0 saturated heterocycles. The lowest BCUT2D eigenvalue weighted by molar-refractivity contribution is 0.0494. The molecule has 4 heteroatoms. The fraction of sp³-hybridized carbons (Fsp3) is 0.588. The zero-order valence-electron chi connectivity index (χ0n) is 13.2. The summed E-state index contributed by atoms with van der Waals surface area (Å²) in [5.41, 5.74) is 6.65. The molecule has 0 aliphatic carbocycles. The molecule has 1 aromatic rings. The number of nitrogens with two attached hydrogens (primary N) is 1. The third-order valence-corrected chi connectivity index (χ3v) is 3.43. The van der Waals surface area contributed by atoms with Gasteiger partial charge in [-0.15, -0.1) is 0 Å². The third-order valence-electron chi connectivity index (χ3n) is 3.43. The Balaban J connectivity index is 2.25. The fourth-order valence-corrected chi connectivity index (χ4v) is 2.18. The van der Waals surface area contributed by atoms with Crippen molar-refractivity contribution in [2.45, 2.75) is 51.9 Å². The molecule has 0 aliphatic heterocycles. The van der Waals surface area contributed by atoms with Gasteiger partial charge in [0.2, 0.25) is 0 Å². The highest BCUT2D eigenvalue weighted by molar-refractivity contribution is 5.93. The van der Waals surface area contributed by atoms with Crippen molar-refractivity contribution in [3.63, 3.8) is 0 Å². The van der Waals surface area contributed by atoms with E-state index >= 15 is 0 Å². The molecule has 0 spiro atoms. The second-order valence-electron chi connectivity index (χ2n) is 5.22. The van der Waals surface area contributed by atoms with Gasteiger partial charge in [0, 0.05) is 11.8 Å². The maximum absolute atomic E-state index is 12.0. The molecule has 1 rings (SSSR count). The number of nitrogen functional groups attached to an aromatic ring is 1. The Bertz CT molecular complexity index is 432. The van der Waals surface area contributed by atoms with Crippen LogP contribution in [0.3, 0.4) is 0 Å². The summed E-state index contributed by atoms with van der Waals surface area (Å²) in [5, 5.41) is 0. The van der Waals surface area contributed by atoms with Crippen molar-refractivity contribution in [1.82, 2.24) is 0 Å². The van der Waals surface area contributed by atoms with Gasteiger partial charge in [-0.3, -0.25) is 0 Å². The predicted molar refractivity (Wildman–Crippen MR) is 85.7 cm³/mol. The molecule has 0 atom stereocenters. The van der Waals surface area contributed by atoms with Gasteiger partial charge >= 0.3 is 5.97 Å². The molecule has 21 heavy (non-hydrogen) atoms. The van der Waals surface area contributed by atoms with Crippen molar-refractivity contribution in [1.29, 1.82) is 0 Å². The van der Waals surface area contributed by atoms with Crippen LogP contribution in [0.1, 0.15) is 62.2 Å². The summed E-state index contributed by atoms with van der Waals surface area (Å²) in [6.07, 6.45) is 8.38. The van der Waals surface area contributed by atoms with Crippen LogP contribution >= 0.6 is 0 Å². The average molecular weight is 293 g/mol. The molecule has 0 radical (unpaired) electrons. The topological polar surface area (TPSA) is 61.5 Å². The molecular weight excluding hydrogens is 266 g/mol. The SMILES string of the molecule is CCCCCCCCCOC(=O)c1ccc(N)cc1OC. The molecule has 0 fully saturated rings. The normalized spacial score (nSPS) is 10.4. The number of unbranched alkanes of at least 4 members (excludes halogenated alkanes) is 6. The smallest absolute Gasteiger partial charge is 0.341 e. The van der Waals surface area contributed by atoms with Gasteiger partial charge in [0.25, 0.3) is 0 Å². The van der Waals surface area contributed by atoms with Crippen LogP contribution in [-0.2, 0) is 4.74 Å². The van der Waals surface area contributed by atoms with Crippen molar-refractivity contribution < 1.29 is 14.3 Å². The minimum Gasteiger partial charge on any atom is -0.496 e. The van der Waals surface area contributed by atoms with Crippen LogP contribution in [0.4, 0.5) is 5.69 Å². The number of benzene rings is 1. The highest BCUT2D eigenvalue weighted by Crippen LogP contribution is 2.22. The number of carbonyl (C=O) groups excluding carboxylic acids is 1. The number of rotatable bonds is 10. The lowest BCUT2D eigenvalue weighted by Gasteiger charge is -2.09. The second kappa shape index (κ2) is 10.1. The Kier molecular flexibility index (Phi) is 8.32. The Morgan fingerprint density at radius 2 is 1.76 bits per heavy atom. The molecule has 0 saturated carbocycles. The van der Waals surface area contributed by atoms with E-state index in [1.54, 1.807) is 18.2 Å². The molecular formula is C17H27NO3. The van der Waals surface area contributed by atoms with Crippen LogP contribution in [0.25, 0.3) is 0 Å². The van der Waals surface area contributed by atoms with E-state index in [1.165, 1.54) is 39.2 Å². The first-order valence-corrected chi connectivity index (χ1v) is 7.79.